The van der Waals surface area contributed by atoms with E-state index in [1.165, 1.54) is 12.8 Å². The lowest BCUT2D eigenvalue weighted by Gasteiger charge is -2.25. The van der Waals surface area contributed by atoms with Crippen LogP contribution in [0.5, 0.6) is 0 Å². The van der Waals surface area contributed by atoms with Gasteiger partial charge < -0.3 is 9.84 Å². The number of fused-ring (bicyclic) bond motifs is 1. The van der Waals surface area contributed by atoms with Crippen LogP contribution in [-0.4, -0.2) is 30.9 Å². The zero-order chi connectivity index (χ0) is 14.4. The van der Waals surface area contributed by atoms with Crippen LogP contribution in [0.1, 0.15) is 61.5 Å². The van der Waals surface area contributed by atoms with Gasteiger partial charge in [-0.15, -0.1) is 0 Å². The number of rotatable bonds is 4. The van der Waals surface area contributed by atoms with Crippen LogP contribution in [0.25, 0.3) is 0 Å². The van der Waals surface area contributed by atoms with Crippen LogP contribution in [0.15, 0.2) is 4.52 Å². The number of nitrogens with one attached hydrogen (secondary N) is 1. The molecular weight excluding hydrogens is 268 g/mol. The zero-order valence-electron chi connectivity index (χ0n) is 12.4. The molecule has 1 saturated carbocycles. The number of aryl methyl sites for hydroxylation is 2. The van der Waals surface area contributed by atoms with E-state index in [1.807, 2.05) is 11.6 Å². The predicted octanol–water partition coefficient (Wildman–Crippen LogP) is 1.51. The molecule has 1 N–H and O–H groups in total. The second-order valence-corrected chi connectivity index (χ2v) is 6.15. The largest absolute Gasteiger partial charge is 0.338 e. The maximum atomic E-state index is 5.38. The maximum absolute atomic E-state index is 5.38. The SMILES string of the molecule is Cc1nc2n(n1)CC(NC(C)c1nc(C3CC3)no1)CC2. The summed E-state index contributed by atoms with van der Waals surface area (Å²) in [7, 11) is 0. The minimum atomic E-state index is 0.0705. The van der Waals surface area contributed by atoms with Crippen LogP contribution < -0.4 is 5.32 Å². The van der Waals surface area contributed by atoms with Gasteiger partial charge in [0.25, 0.3) is 0 Å². The predicted molar refractivity (Wildman–Crippen MR) is 74.7 cm³/mol. The first-order valence-electron chi connectivity index (χ1n) is 7.69. The summed E-state index contributed by atoms with van der Waals surface area (Å²) in [6.45, 7) is 4.87. The standard InChI is InChI=1S/C14H20N6O/c1-8(14-17-13(19-21-14)10-3-4-10)15-11-5-6-12-16-9(2)18-20(12)7-11/h8,10-11,15H,3-7H2,1-2H3. The van der Waals surface area contributed by atoms with Crippen LogP contribution in [0.3, 0.4) is 0 Å². The Hall–Kier alpha value is -1.76. The van der Waals surface area contributed by atoms with Crippen molar-refractivity contribution in [2.24, 2.45) is 0 Å². The van der Waals surface area contributed by atoms with E-state index in [4.69, 9.17) is 4.52 Å². The summed E-state index contributed by atoms with van der Waals surface area (Å²) >= 11 is 0. The Labute approximate surface area is 123 Å². The Morgan fingerprint density at radius 3 is 2.95 bits per heavy atom. The van der Waals surface area contributed by atoms with Gasteiger partial charge in [-0.1, -0.05) is 5.16 Å². The van der Waals surface area contributed by atoms with Gasteiger partial charge in [-0.3, -0.25) is 0 Å². The second-order valence-electron chi connectivity index (χ2n) is 6.15. The van der Waals surface area contributed by atoms with E-state index in [-0.39, 0.29) is 6.04 Å². The Bertz CT molecular complexity index is 644. The molecular formula is C14H20N6O. The quantitative estimate of drug-likeness (QED) is 0.918. The highest BCUT2D eigenvalue weighted by Crippen LogP contribution is 2.38. The highest BCUT2D eigenvalue weighted by molar-refractivity contribution is 5.05. The Morgan fingerprint density at radius 2 is 2.14 bits per heavy atom. The Morgan fingerprint density at radius 1 is 1.29 bits per heavy atom. The topological polar surface area (TPSA) is 81.7 Å². The fourth-order valence-corrected chi connectivity index (χ4v) is 2.93. The van der Waals surface area contributed by atoms with Gasteiger partial charge in [-0.05, 0) is 33.1 Å². The highest BCUT2D eigenvalue weighted by Gasteiger charge is 2.30. The normalized spacial score (nSPS) is 23.0. The lowest BCUT2D eigenvalue weighted by molar-refractivity contribution is 0.287. The van der Waals surface area contributed by atoms with Crippen LogP contribution in [-0.2, 0) is 13.0 Å². The first-order chi connectivity index (χ1) is 10.2. The molecule has 0 aromatic carbocycles. The average molecular weight is 288 g/mol. The van der Waals surface area contributed by atoms with Gasteiger partial charge in [0.1, 0.15) is 11.6 Å². The summed E-state index contributed by atoms with van der Waals surface area (Å²) in [5.41, 5.74) is 0. The first-order valence-corrected chi connectivity index (χ1v) is 7.69. The van der Waals surface area contributed by atoms with Crippen molar-refractivity contribution in [2.45, 2.75) is 64.1 Å². The van der Waals surface area contributed by atoms with Crippen LogP contribution >= 0.6 is 0 Å². The number of nitrogens with zero attached hydrogens (tertiary/aromatic N) is 5. The van der Waals surface area contributed by atoms with Crippen LogP contribution in [0, 0.1) is 6.92 Å². The number of hydrogen-bond donors (Lipinski definition) is 1. The van der Waals surface area contributed by atoms with Gasteiger partial charge in [-0.25, -0.2) is 9.67 Å². The van der Waals surface area contributed by atoms with E-state index in [2.05, 4.69) is 32.5 Å². The molecule has 2 aliphatic rings. The van der Waals surface area contributed by atoms with E-state index in [1.54, 1.807) is 0 Å². The third kappa shape index (κ3) is 2.57. The van der Waals surface area contributed by atoms with Gasteiger partial charge in [0, 0.05) is 18.4 Å². The van der Waals surface area contributed by atoms with Crippen molar-refractivity contribution in [1.29, 1.82) is 0 Å². The van der Waals surface area contributed by atoms with Crippen molar-refractivity contribution in [3.63, 3.8) is 0 Å². The van der Waals surface area contributed by atoms with Gasteiger partial charge in [0.15, 0.2) is 5.82 Å². The smallest absolute Gasteiger partial charge is 0.243 e. The summed E-state index contributed by atoms with van der Waals surface area (Å²) in [6.07, 6.45) is 4.41. The zero-order valence-corrected chi connectivity index (χ0v) is 12.4. The van der Waals surface area contributed by atoms with Crippen LogP contribution in [0.4, 0.5) is 0 Å². The highest BCUT2D eigenvalue weighted by atomic mass is 16.5. The average Bonchev–Trinajstić information content (AvgIpc) is 3.06. The molecule has 2 aromatic rings. The number of aromatic nitrogens is 5. The van der Waals surface area contributed by atoms with E-state index in [0.717, 1.165) is 36.9 Å². The third-order valence-electron chi connectivity index (χ3n) is 4.22. The fourth-order valence-electron chi connectivity index (χ4n) is 2.93. The molecule has 112 valence electrons. The first kappa shape index (κ1) is 12.9. The second kappa shape index (κ2) is 4.91. The molecule has 4 rings (SSSR count). The maximum Gasteiger partial charge on any atom is 0.243 e. The summed E-state index contributed by atoms with van der Waals surface area (Å²) in [5, 5.41) is 12.1. The van der Waals surface area contributed by atoms with Crippen molar-refractivity contribution < 1.29 is 4.52 Å². The van der Waals surface area contributed by atoms with Gasteiger partial charge in [0.2, 0.25) is 5.89 Å². The molecule has 0 bridgehead atoms. The van der Waals surface area contributed by atoms with E-state index in [9.17, 15) is 0 Å². The molecule has 3 heterocycles. The molecule has 2 unspecified atom stereocenters. The molecule has 0 radical (unpaired) electrons. The summed E-state index contributed by atoms with van der Waals surface area (Å²) in [6, 6.07) is 0.436. The Kier molecular flexibility index (Phi) is 3.02. The molecule has 0 amide bonds. The molecule has 7 nitrogen and oxygen atoms in total. The van der Waals surface area contributed by atoms with E-state index < -0.39 is 0 Å². The minimum Gasteiger partial charge on any atom is -0.338 e. The van der Waals surface area contributed by atoms with Gasteiger partial charge in [-0.2, -0.15) is 10.1 Å². The van der Waals surface area contributed by atoms with Crippen molar-refractivity contribution in [2.75, 3.05) is 0 Å². The van der Waals surface area contributed by atoms with Crippen molar-refractivity contribution in [1.82, 2.24) is 30.2 Å². The molecule has 1 aliphatic heterocycles. The molecule has 21 heavy (non-hydrogen) atoms. The molecule has 0 spiro atoms. The molecule has 1 fully saturated rings. The van der Waals surface area contributed by atoms with Crippen LogP contribution in [0.2, 0.25) is 0 Å². The minimum absolute atomic E-state index is 0.0705. The lowest BCUT2D eigenvalue weighted by Crippen LogP contribution is -2.39. The van der Waals surface area contributed by atoms with E-state index >= 15 is 0 Å². The molecule has 2 atom stereocenters. The van der Waals surface area contributed by atoms with Crippen molar-refractivity contribution >= 4 is 0 Å². The summed E-state index contributed by atoms with van der Waals surface area (Å²) < 4.78 is 7.39. The fraction of sp³-hybridized carbons (Fsp3) is 0.714. The summed E-state index contributed by atoms with van der Waals surface area (Å²) in [5.74, 6) is 4.04. The molecule has 2 aromatic heterocycles. The molecule has 1 aliphatic carbocycles. The van der Waals surface area contributed by atoms with E-state index in [0.29, 0.717) is 17.9 Å². The van der Waals surface area contributed by atoms with Crippen molar-refractivity contribution in [3.8, 4) is 0 Å². The monoisotopic (exact) mass is 288 g/mol. The number of hydrogen-bond acceptors (Lipinski definition) is 6. The van der Waals surface area contributed by atoms with Gasteiger partial charge >= 0.3 is 0 Å². The third-order valence-corrected chi connectivity index (χ3v) is 4.22. The van der Waals surface area contributed by atoms with Crippen molar-refractivity contribution in [3.05, 3.63) is 23.4 Å². The summed E-state index contributed by atoms with van der Waals surface area (Å²) in [4.78, 5) is 8.95. The molecule has 7 heteroatoms. The molecule has 0 saturated heterocycles. The van der Waals surface area contributed by atoms with Gasteiger partial charge in [0.05, 0.1) is 12.6 Å². The Balaban J connectivity index is 1.41. The lowest BCUT2D eigenvalue weighted by atomic mass is 10.1.